The standard InChI is InChI=1S/C14H32N2O2/c1-6-14(12-17,15-4)8-7-9-16(5)10-11-18-13(2)3/h13,15,17H,6-12H2,1-5H3. The van der Waals surface area contributed by atoms with E-state index in [0.29, 0.717) is 6.10 Å². The number of likely N-dealkylation sites (N-methyl/N-ethyl adjacent to an activating group) is 2. The Morgan fingerprint density at radius 2 is 2.00 bits per heavy atom. The molecule has 0 aliphatic carbocycles. The molecule has 0 spiro atoms. The minimum absolute atomic E-state index is 0.102. The first-order valence-electron chi connectivity index (χ1n) is 7.09. The van der Waals surface area contributed by atoms with Crippen molar-refractivity contribution >= 4 is 0 Å². The number of hydrogen-bond acceptors (Lipinski definition) is 4. The van der Waals surface area contributed by atoms with Crippen molar-refractivity contribution < 1.29 is 9.84 Å². The summed E-state index contributed by atoms with van der Waals surface area (Å²) < 4.78 is 5.53. The number of ether oxygens (including phenoxy) is 1. The minimum atomic E-state index is -0.102. The molecule has 0 aromatic heterocycles. The number of nitrogens with zero attached hydrogens (tertiary/aromatic N) is 1. The van der Waals surface area contributed by atoms with Crippen LogP contribution in [0.15, 0.2) is 0 Å². The first-order valence-corrected chi connectivity index (χ1v) is 7.09. The molecule has 4 nitrogen and oxygen atoms in total. The van der Waals surface area contributed by atoms with E-state index in [2.05, 4.69) is 38.0 Å². The summed E-state index contributed by atoms with van der Waals surface area (Å²) in [5.41, 5.74) is -0.102. The molecule has 0 heterocycles. The van der Waals surface area contributed by atoms with Crippen molar-refractivity contribution in [3.63, 3.8) is 0 Å². The monoisotopic (exact) mass is 260 g/mol. The lowest BCUT2D eigenvalue weighted by Crippen LogP contribution is -2.46. The van der Waals surface area contributed by atoms with Gasteiger partial charge in [-0.25, -0.2) is 0 Å². The largest absolute Gasteiger partial charge is 0.394 e. The molecule has 0 aliphatic heterocycles. The van der Waals surface area contributed by atoms with Gasteiger partial charge in [0.2, 0.25) is 0 Å². The summed E-state index contributed by atoms with van der Waals surface area (Å²) in [4.78, 5) is 2.29. The van der Waals surface area contributed by atoms with Crippen LogP contribution in [0.3, 0.4) is 0 Å². The van der Waals surface area contributed by atoms with Crippen LogP contribution in [0.25, 0.3) is 0 Å². The molecule has 0 saturated carbocycles. The molecule has 0 aromatic carbocycles. The predicted octanol–water partition coefficient (Wildman–Crippen LogP) is 1.48. The minimum Gasteiger partial charge on any atom is -0.394 e. The van der Waals surface area contributed by atoms with E-state index in [9.17, 15) is 5.11 Å². The van der Waals surface area contributed by atoms with Gasteiger partial charge >= 0.3 is 0 Å². The van der Waals surface area contributed by atoms with Crippen molar-refractivity contribution in [3.05, 3.63) is 0 Å². The maximum absolute atomic E-state index is 9.45. The van der Waals surface area contributed by atoms with E-state index in [1.165, 1.54) is 0 Å². The van der Waals surface area contributed by atoms with Crippen molar-refractivity contribution in [2.24, 2.45) is 0 Å². The number of aliphatic hydroxyl groups is 1. The molecule has 110 valence electrons. The van der Waals surface area contributed by atoms with E-state index in [0.717, 1.165) is 39.0 Å². The number of hydrogen-bond donors (Lipinski definition) is 2. The third-order valence-corrected chi connectivity index (χ3v) is 3.63. The van der Waals surface area contributed by atoms with E-state index in [1.54, 1.807) is 0 Å². The molecule has 0 radical (unpaired) electrons. The van der Waals surface area contributed by atoms with Crippen molar-refractivity contribution in [2.45, 2.75) is 51.7 Å². The van der Waals surface area contributed by atoms with E-state index in [1.807, 2.05) is 7.05 Å². The zero-order chi connectivity index (χ0) is 14.0. The molecule has 0 bridgehead atoms. The molecule has 1 unspecified atom stereocenters. The molecule has 0 amide bonds. The van der Waals surface area contributed by atoms with Crippen LogP contribution < -0.4 is 5.32 Å². The fourth-order valence-electron chi connectivity index (χ4n) is 1.99. The van der Waals surface area contributed by atoms with Crippen LogP contribution in [-0.2, 0) is 4.74 Å². The van der Waals surface area contributed by atoms with Crippen LogP contribution >= 0.6 is 0 Å². The molecule has 4 heteroatoms. The van der Waals surface area contributed by atoms with E-state index in [-0.39, 0.29) is 12.1 Å². The van der Waals surface area contributed by atoms with Gasteiger partial charge in [-0.3, -0.25) is 0 Å². The Morgan fingerprint density at radius 3 is 2.44 bits per heavy atom. The molecule has 0 aliphatic rings. The van der Waals surface area contributed by atoms with Gasteiger partial charge in [-0.1, -0.05) is 6.92 Å². The van der Waals surface area contributed by atoms with Gasteiger partial charge in [0.05, 0.1) is 19.3 Å². The van der Waals surface area contributed by atoms with Gasteiger partial charge in [-0.2, -0.15) is 0 Å². The Hall–Kier alpha value is -0.160. The third-order valence-electron chi connectivity index (χ3n) is 3.63. The Balaban J connectivity index is 3.75. The zero-order valence-corrected chi connectivity index (χ0v) is 12.8. The molecule has 0 aromatic rings. The lowest BCUT2D eigenvalue weighted by Gasteiger charge is -2.31. The smallest absolute Gasteiger partial charge is 0.0613 e. The second-order valence-electron chi connectivity index (χ2n) is 5.37. The summed E-state index contributed by atoms with van der Waals surface area (Å²) in [7, 11) is 4.05. The fraction of sp³-hybridized carbons (Fsp3) is 1.00. The molecule has 1 atom stereocenters. The highest BCUT2D eigenvalue weighted by atomic mass is 16.5. The van der Waals surface area contributed by atoms with Gasteiger partial charge < -0.3 is 20.1 Å². The van der Waals surface area contributed by atoms with Crippen LogP contribution in [0.5, 0.6) is 0 Å². The maximum atomic E-state index is 9.45. The number of aliphatic hydroxyl groups excluding tert-OH is 1. The summed E-state index contributed by atoms with van der Waals surface area (Å²) in [6.45, 7) is 9.25. The Labute approximate surface area is 113 Å². The van der Waals surface area contributed by atoms with Crippen molar-refractivity contribution in [1.82, 2.24) is 10.2 Å². The molecule has 2 N–H and O–H groups in total. The Morgan fingerprint density at radius 1 is 1.33 bits per heavy atom. The van der Waals surface area contributed by atoms with Crippen LogP contribution in [0.4, 0.5) is 0 Å². The van der Waals surface area contributed by atoms with Gasteiger partial charge in [0, 0.05) is 12.1 Å². The van der Waals surface area contributed by atoms with Crippen LogP contribution in [0.2, 0.25) is 0 Å². The highest BCUT2D eigenvalue weighted by Gasteiger charge is 2.24. The summed E-state index contributed by atoms with van der Waals surface area (Å²) in [5.74, 6) is 0. The topological polar surface area (TPSA) is 44.7 Å². The SMILES string of the molecule is CCC(CO)(CCCN(C)CCOC(C)C)NC. The van der Waals surface area contributed by atoms with Gasteiger partial charge in [0.1, 0.15) is 0 Å². The van der Waals surface area contributed by atoms with E-state index >= 15 is 0 Å². The second-order valence-corrected chi connectivity index (χ2v) is 5.37. The summed E-state index contributed by atoms with van der Waals surface area (Å²) in [6, 6.07) is 0. The van der Waals surface area contributed by atoms with Crippen molar-refractivity contribution in [3.8, 4) is 0 Å². The summed E-state index contributed by atoms with van der Waals surface area (Å²) in [6.07, 6.45) is 3.37. The average molecular weight is 260 g/mol. The lowest BCUT2D eigenvalue weighted by molar-refractivity contribution is 0.0627. The molecular formula is C14H32N2O2. The summed E-state index contributed by atoms with van der Waals surface area (Å²) >= 11 is 0. The first-order chi connectivity index (χ1) is 8.49. The zero-order valence-electron chi connectivity index (χ0n) is 12.8. The lowest BCUT2D eigenvalue weighted by atomic mass is 9.91. The quantitative estimate of drug-likeness (QED) is 0.591. The van der Waals surface area contributed by atoms with Crippen LogP contribution in [0.1, 0.15) is 40.0 Å². The Bertz CT molecular complexity index is 186. The molecule has 0 rings (SSSR count). The van der Waals surface area contributed by atoms with E-state index < -0.39 is 0 Å². The molecule has 0 saturated heterocycles. The van der Waals surface area contributed by atoms with Gasteiger partial charge in [0.25, 0.3) is 0 Å². The fourth-order valence-corrected chi connectivity index (χ4v) is 1.99. The van der Waals surface area contributed by atoms with Gasteiger partial charge in [0.15, 0.2) is 0 Å². The molecule has 0 fully saturated rings. The van der Waals surface area contributed by atoms with Gasteiger partial charge in [-0.05, 0) is 53.8 Å². The number of nitrogens with one attached hydrogen (secondary N) is 1. The predicted molar refractivity (Wildman–Crippen MR) is 77.0 cm³/mol. The normalized spacial score (nSPS) is 15.3. The first kappa shape index (κ1) is 17.8. The maximum Gasteiger partial charge on any atom is 0.0613 e. The van der Waals surface area contributed by atoms with E-state index in [4.69, 9.17) is 4.74 Å². The average Bonchev–Trinajstić information content (AvgIpc) is 2.35. The van der Waals surface area contributed by atoms with Crippen molar-refractivity contribution in [2.75, 3.05) is 40.4 Å². The van der Waals surface area contributed by atoms with Crippen molar-refractivity contribution in [1.29, 1.82) is 0 Å². The van der Waals surface area contributed by atoms with Gasteiger partial charge in [-0.15, -0.1) is 0 Å². The second kappa shape index (κ2) is 9.73. The molecule has 18 heavy (non-hydrogen) atoms. The van der Waals surface area contributed by atoms with Crippen LogP contribution in [0, 0.1) is 0 Å². The third kappa shape index (κ3) is 7.31. The summed E-state index contributed by atoms with van der Waals surface area (Å²) in [5, 5.41) is 12.7. The Kier molecular flexibility index (Phi) is 9.64. The molecular weight excluding hydrogens is 228 g/mol. The highest BCUT2D eigenvalue weighted by Crippen LogP contribution is 2.16. The number of rotatable bonds is 11. The highest BCUT2D eigenvalue weighted by molar-refractivity contribution is 4.84. The van der Waals surface area contributed by atoms with Crippen LogP contribution in [-0.4, -0.2) is 62.0 Å².